The van der Waals surface area contributed by atoms with Crippen molar-refractivity contribution in [3.63, 3.8) is 0 Å². The van der Waals surface area contributed by atoms with Gasteiger partial charge in [0, 0.05) is 12.2 Å². The van der Waals surface area contributed by atoms with Crippen LogP contribution in [0.3, 0.4) is 0 Å². The first-order chi connectivity index (χ1) is 9.83. The zero-order chi connectivity index (χ0) is 15.6. The fourth-order valence-corrected chi connectivity index (χ4v) is 3.56. The minimum atomic E-state index is -3.49. The minimum Gasteiger partial charge on any atom is -0.398 e. The molecular weight excluding hydrogens is 286 g/mol. The molecule has 2 N–H and O–H groups in total. The smallest absolute Gasteiger partial charge is 0.186 e. The van der Waals surface area contributed by atoms with Gasteiger partial charge in [0.15, 0.2) is 9.84 Å². The molecule has 5 nitrogen and oxygen atoms in total. The average Bonchev–Trinajstić information content (AvgIpc) is 2.88. The van der Waals surface area contributed by atoms with Crippen LogP contribution in [-0.2, 0) is 15.6 Å². The molecule has 0 saturated heterocycles. The van der Waals surface area contributed by atoms with E-state index in [1.54, 1.807) is 28.9 Å². The van der Waals surface area contributed by atoms with E-state index in [-0.39, 0.29) is 22.4 Å². The maximum atomic E-state index is 12.5. The summed E-state index contributed by atoms with van der Waals surface area (Å²) in [7, 11) is -3.49. The van der Waals surface area contributed by atoms with Crippen molar-refractivity contribution in [2.75, 3.05) is 5.73 Å². The first kappa shape index (κ1) is 15.6. The monoisotopic (exact) mass is 307 g/mol. The van der Waals surface area contributed by atoms with E-state index in [9.17, 15) is 8.42 Å². The van der Waals surface area contributed by atoms with Gasteiger partial charge in [-0.25, -0.2) is 8.42 Å². The Morgan fingerprint density at radius 1 is 1.33 bits per heavy atom. The number of hydrogen-bond donors (Lipinski definition) is 1. The van der Waals surface area contributed by atoms with Gasteiger partial charge in [0.1, 0.15) is 0 Å². The summed E-state index contributed by atoms with van der Waals surface area (Å²) in [6, 6.07) is 7.03. The van der Waals surface area contributed by atoms with Gasteiger partial charge in [-0.2, -0.15) is 5.10 Å². The molecule has 6 heteroatoms. The predicted molar refractivity (Wildman–Crippen MR) is 83.7 cm³/mol. The molecule has 1 aromatic carbocycles. The first-order valence-electron chi connectivity index (χ1n) is 6.96. The zero-order valence-corrected chi connectivity index (χ0v) is 13.4. The molecule has 1 unspecified atom stereocenters. The molecule has 0 aliphatic rings. The lowest BCUT2D eigenvalue weighted by Gasteiger charge is -2.09. The second-order valence-corrected chi connectivity index (χ2v) is 7.30. The number of benzene rings is 1. The van der Waals surface area contributed by atoms with Crippen LogP contribution in [-0.4, -0.2) is 18.2 Å². The van der Waals surface area contributed by atoms with E-state index in [0.717, 1.165) is 12.0 Å². The topological polar surface area (TPSA) is 78.0 Å². The zero-order valence-electron chi connectivity index (χ0n) is 12.6. The Hall–Kier alpha value is -1.82. The Morgan fingerprint density at radius 2 is 2.05 bits per heavy atom. The molecule has 1 heterocycles. The van der Waals surface area contributed by atoms with Gasteiger partial charge >= 0.3 is 0 Å². The summed E-state index contributed by atoms with van der Waals surface area (Å²) in [6.07, 6.45) is 2.76. The third-order valence-electron chi connectivity index (χ3n) is 3.55. The van der Waals surface area contributed by atoms with E-state index in [2.05, 4.69) is 12.0 Å². The van der Waals surface area contributed by atoms with E-state index >= 15 is 0 Å². The highest BCUT2D eigenvalue weighted by Gasteiger charge is 2.20. The Labute approximate surface area is 125 Å². The normalized spacial score (nSPS) is 13.3. The van der Waals surface area contributed by atoms with Crippen molar-refractivity contribution in [3.8, 4) is 0 Å². The summed E-state index contributed by atoms with van der Waals surface area (Å²) in [6.45, 7) is 5.95. The third kappa shape index (κ3) is 3.44. The molecule has 2 rings (SSSR count). The molecule has 0 fully saturated rings. The Bertz CT molecular complexity index is 735. The molecule has 0 radical (unpaired) electrons. The van der Waals surface area contributed by atoms with Crippen LogP contribution in [0, 0.1) is 6.92 Å². The molecule has 0 amide bonds. The van der Waals surface area contributed by atoms with Crippen molar-refractivity contribution in [1.29, 1.82) is 0 Å². The van der Waals surface area contributed by atoms with Crippen LogP contribution >= 0.6 is 0 Å². The number of aryl methyl sites for hydroxylation is 1. The van der Waals surface area contributed by atoms with Gasteiger partial charge in [-0.05, 0) is 44.0 Å². The number of sulfone groups is 1. The summed E-state index contributed by atoms with van der Waals surface area (Å²) in [5.74, 6) is -0.135. The summed E-state index contributed by atoms with van der Waals surface area (Å²) >= 11 is 0. The molecule has 0 bridgehead atoms. The second kappa shape index (κ2) is 5.89. The predicted octanol–water partition coefficient (Wildman–Crippen LogP) is 2.72. The van der Waals surface area contributed by atoms with Crippen LogP contribution in [0.4, 0.5) is 5.69 Å². The van der Waals surface area contributed by atoms with Crippen molar-refractivity contribution in [2.24, 2.45) is 0 Å². The van der Waals surface area contributed by atoms with Crippen LogP contribution < -0.4 is 5.73 Å². The number of anilines is 1. The Morgan fingerprint density at radius 3 is 2.71 bits per heavy atom. The van der Waals surface area contributed by atoms with Gasteiger partial charge in [0.25, 0.3) is 0 Å². The lowest BCUT2D eigenvalue weighted by molar-refractivity contribution is 0.475. The van der Waals surface area contributed by atoms with E-state index in [0.29, 0.717) is 5.69 Å². The molecule has 114 valence electrons. The lowest BCUT2D eigenvalue weighted by atomic mass is 10.2. The molecule has 1 atom stereocenters. The van der Waals surface area contributed by atoms with Gasteiger partial charge in [0.2, 0.25) is 0 Å². The van der Waals surface area contributed by atoms with Crippen molar-refractivity contribution in [3.05, 3.63) is 41.7 Å². The van der Waals surface area contributed by atoms with E-state index < -0.39 is 9.84 Å². The van der Waals surface area contributed by atoms with Gasteiger partial charge in [-0.3, -0.25) is 4.68 Å². The molecular formula is C15H21N3O2S. The number of hydrogen-bond acceptors (Lipinski definition) is 4. The standard InChI is InChI=1S/C15H21N3O2S/c1-4-12(3)18-8-7-13(17-18)10-21(19,20)15-9-11(2)5-6-14(15)16/h5-9,12H,4,10,16H2,1-3H3. The number of nitrogens with two attached hydrogens (primary N) is 1. The van der Waals surface area contributed by atoms with Crippen LogP contribution in [0.15, 0.2) is 35.4 Å². The molecule has 1 aromatic heterocycles. The van der Waals surface area contributed by atoms with Crippen molar-refractivity contribution in [1.82, 2.24) is 9.78 Å². The van der Waals surface area contributed by atoms with Gasteiger partial charge in [-0.15, -0.1) is 0 Å². The SMILES string of the molecule is CCC(C)n1ccc(CS(=O)(=O)c2cc(C)ccc2N)n1. The van der Waals surface area contributed by atoms with Gasteiger partial charge < -0.3 is 5.73 Å². The van der Waals surface area contributed by atoms with Gasteiger partial charge in [-0.1, -0.05) is 13.0 Å². The maximum Gasteiger partial charge on any atom is 0.186 e. The molecule has 0 spiro atoms. The maximum absolute atomic E-state index is 12.5. The van der Waals surface area contributed by atoms with E-state index in [1.165, 1.54) is 0 Å². The van der Waals surface area contributed by atoms with Gasteiger partial charge in [0.05, 0.1) is 22.0 Å². The molecule has 0 saturated carbocycles. The highest BCUT2D eigenvalue weighted by molar-refractivity contribution is 7.90. The Balaban J connectivity index is 2.29. The lowest BCUT2D eigenvalue weighted by Crippen LogP contribution is -2.10. The number of nitrogen functional groups attached to an aromatic ring is 1. The van der Waals surface area contributed by atoms with E-state index in [1.807, 2.05) is 20.0 Å². The van der Waals surface area contributed by atoms with Crippen molar-refractivity contribution < 1.29 is 8.42 Å². The fraction of sp³-hybridized carbons (Fsp3) is 0.400. The molecule has 0 aliphatic heterocycles. The molecule has 21 heavy (non-hydrogen) atoms. The van der Waals surface area contributed by atoms with Crippen LogP contribution in [0.5, 0.6) is 0 Å². The molecule has 0 aliphatic carbocycles. The second-order valence-electron chi connectivity index (χ2n) is 5.34. The van der Waals surface area contributed by atoms with Crippen molar-refractivity contribution >= 4 is 15.5 Å². The van der Waals surface area contributed by atoms with Crippen LogP contribution in [0.25, 0.3) is 0 Å². The average molecular weight is 307 g/mol. The summed E-state index contributed by atoms with van der Waals surface area (Å²) in [5, 5.41) is 4.34. The third-order valence-corrected chi connectivity index (χ3v) is 5.25. The highest BCUT2D eigenvalue weighted by Crippen LogP contribution is 2.23. The quantitative estimate of drug-likeness (QED) is 0.862. The van der Waals surface area contributed by atoms with Crippen LogP contribution in [0.2, 0.25) is 0 Å². The first-order valence-corrected chi connectivity index (χ1v) is 8.61. The number of aromatic nitrogens is 2. The summed E-state index contributed by atoms with van der Waals surface area (Å²) in [5.41, 5.74) is 7.49. The fourth-order valence-electron chi connectivity index (χ4n) is 2.07. The highest BCUT2D eigenvalue weighted by atomic mass is 32.2. The minimum absolute atomic E-state index is 0.135. The summed E-state index contributed by atoms with van der Waals surface area (Å²) < 4.78 is 26.8. The number of nitrogens with zero attached hydrogens (tertiary/aromatic N) is 2. The molecule has 2 aromatic rings. The Kier molecular flexibility index (Phi) is 4.37. The summed E-state index contributed by atoms with van der Waals surface area (Å²) in [4.78, 5) is 0.181. The largest absolute Gasteiger partial charge is 0.398 e. The van der Waals surface area contributed by atoms with Crippen molar-refractivity contribution in [2.45, 2.75) is 43.9 Å². The van der Waals surface area contributed by atoms with Crippen LogP contribution in [0.1, 0.15) is 37.6 Å². The van der Waals surface area contributed by atoms with E-state index in [4.69, 9.17) is 5.73 Å². The number of rotatable bonds is 5.